The van der Waals surface area contributed by atoms with Crippen molar-refractivity contribution in [1.82, 2.24) is 5.01 Å². The lowest BCUT2D eigenvalue weighted by Crippen LogP contribution is -2.33. The number of benzene rings is 3. The van der Waals surface area contributed by atoms with E-state index >= 15 is 0 Å². The van der Waals surface area contributed by atoms with Crippen LogP contribution < -0.4 is 9.47 Å². The minimum Gasteiger partial charge on any atom is -0.507 e. The number of hydrogen-bond acceptors (Lipinski definition) is 6. The zero-order valence-corrected chi connectivity index (χ0v) is 15.8. The molecule has 2 heterocycles. The molecule has 3 aromatic rings. The lowest BCUT2D eigenvalue weighted by Gasteiger charge is -2.38. The summed E-state index contributed by atoms with van der Waals surface area (Å²) in [6, 6.07) is 20.3. The van der Waals surface area contributed by atoms with Crippen LogP contribution in [0.15, 0.2) is 71.8 Å². The van der Waals surface area contributed by atoms with Gasteiger partial charge in [0.25, 0.3) is 0 Å². The normalized spacial score (nSPS) is 19.8. The van der Waals surface area contributed by atoms with Gasteiger partial charge in [-0.25, -0.2) is 5.01 Å². The van der Waals surface area contributed by atoms with Crippen LogP contribution in [-0.2, 0) is 0 Å². The van der Waals surface area contributed by atoms with Crippen LogP contribution in [0.4, 0.5) is 0 Å². The second-order valence-electron chi connectivity index (χ2n) is 7.10. The monoisotopic (exact) mass is 388 g/mol. The summed E-state index contributed by atoms with van der Waals surface area (Å²) in [5.41, 5.74) is 3.41. The van der Waals surface area contributed by atoms with Gasteiger partial charge in [-0.2, -0.15) is 5.10 Å². The van der Waals surface area contributed by atoms with E-state index in [-0.39, 0.29) is 17.5 Å². The van der Waals surface area contributed by atoms with Crippen LogP contribution in [-0.4, -0.2) is 28.0 Å². The maximum atomic E-state index is 10.3. The summed E-state index contributed by atoms with van der Waals surface area (Å²) in [5, 5.41) is 27.0. The van der Waals surface area contributed by atoms with Crippen LogP contribution in [0.25, 0.3) is 0 Å². The first-order valence-corrected chi connectivity index (χ1v) is 9.42. The van der Waals surface area contributed by atoms with E-state index in [0.29, 0.717) is 12.2 Å². The molecule has 0 unspecified atom stereocenters. The Bertz CT molecular complexity index is 1110. The van der Waals surface area contributed by atoms with Crippen LogP contribution in [0.3, 0.4) is 0 Å². The zero-order valence-electron chi connectivity index (χ0n) is 15.8. The van der Waals surface area contributed by atoms with Gasteiger partial charge in [0.05, 0.1) is 18.9 Å². The first kappa shape index (κ1) is 17.4. The van der Waals surface area contributed by atoms with Crippen LogP contribution in [0, 0.1) is 0 Å². The Morgan fingerprint density at radius 1 is 1.00 bits per heavy atom. The Morgan fingerprint density at radius 3 is 2.62 bits per heavy atom. The molecule has 0 fully saturated rings. The highest BCUT2D eigenvalue weighted by Gasteiger charge is 2.41. The predicted molar refractivity (Wildman–Crippen MR) is 108 cm³/mol. The van der Waals surface area contributed by atoms with E-state index in [9.17, 15) is 10.2 Å². The molecule has 2 aliphatic heterocycles. The number of methoxy groups -OCH3 is 1. The fourth-order valence-corrected chi connectivity index (χ4v) is 3.98. The Morgan fingerprint density at radius 2 is 1.79 bits per heavy atom. The number of rotatable bonds is 3. The molecule has 6 heteroatoms. The molecule has 2 atom stereocenters. The average Bonchev–Trinajstić information content (AvgIpc) is 3.19. The number of fused-ring (bicyclic) bond motifs is 3. The quantitative estimate of drug-likeness (QED) is 0.698. The number of para-hydroxylation sites is 2. The first-order valence-electron chi connectivity index (χ1n) is 9.42. The summed E-state index contributed by atoms with van der Waals surface area (Å²) in [6.45, 7) is 0. The molecule has 2 aliphatic rings. The van der Waals surface area contributed by atoms with E-state index < -0.39 is 6.23 Å². The second kappa shape index (κ2) is 6.74. The Labute approximate surface area is 168 Å². The van der Waals surface area contributed by atoms with Gasteiger partial charge in [0.2, 0.25) is 6.23 Å². The third kappa shape index (κ3) is 2.84. The van der Waals surface area contributed by atoms with Crippen LogP contribution in [0.5, 0.6) is 23.0 Å². The van der Waals surface area contributed by atoms with Crippen molar-refractivity contribution in [2.75, 3.05) is 7.11 Å². The van der Waals surface area contributed by atoms with Gasteiger partial charge in [0.1, 0.15) is 11.5 Å². The number of hydrazone groups is 1. The molecule has 0 radical (unpaired) electrons. The molecule has 3 aromatic carbocycles. The van der Waals surface area contributed by atoms with Crippen molar-refractivity contribution >= 4 is 5.71 Å². The number of hydrogen-bond donors (Lipinski definition) is 2. The highest BCUT2D eigenvalue weighted by Crippen LogP contribution is 2.48. The standard InChI is InChI=1S/C23H20N2O4/c1-28-22-12-14(10-11-20(22)27)23-25-18(16-7-3-5-9-21(16)29-23)13-17(24-25)15-6-2-4-8-19(15)26/h2-12,18,23,26-27H,13H2,1H3/t18-,23+/m0/s1. The van der Waals surface area contributed by atoms with Crippen LogP contribution >= 0.6 is 0 Å². The minimum atomic E-state index is -0.479. The fourth-order valence-electron chi connectivity index (χ4n) is 3.98. The lowest BCUT2D eigenvalue weighted by molar-refractivity contribution is -0.0191. The molecule has 146 valence electrons. The molecule has 6 nitrogen and oxygen atoms in total. The molecule has 0 bridgehead atoms. The van der Waals surface area contributed by atoms with E-state index in [2.05, 4.69) is 0 Å². The summed E-state index contributed by atoms with van der Waals surface area (Å²) < 4.78 is 11.6. The van der Waals surface area contributed by atoms with Gasteiger partial charge in [-0.05, 0) is 36.4 Å². The van der Waals surface area contributed by atoms with Crippen LogP contribution in [0.1, 0.15) is 35.4 Å². The van der Waals surface area contributed by atoms with Crippen molar-refractivity contribution in [2.45, 2.75) is 18.7 Å². The lowest BCUT2D eigenvalue weighted by atomic mass is 9.95. The maximum absolute atomic E-state index is 10.3. The molecule has 29 heavy (non-hydrogen) atoms. The third-order valence-corrected chi connectivity index (χ3v) is 5.40. The molecule has 0 amide bonds. The number of ether oxygens (including phenoxy) is 2. The molecule has 0 saturated heterocycles. The van der Waals surface area contributed by atoms with Gasteiger partial charge in [0.15, 0.2) is 11.5 Å². The molecule has 0 aromatic heterocycles. The fraction of sp³-hybridized carbons (Fsp3) is 0.174. The van der Waals surface area contributed by atoms with Gasteiger partial charge in [-0.15, -0.1) is 0 Å². The minimum absolute atomic E-state index is 0.0145. The summed E-state index contributed by atoms with van der Waals surface area (Å²) in [7, 11) is 1.52. The highest BCUT2D eigenvalue weighted by atomic mass is 16.5. The van der Waals surface area contributed by atoms with Crippen molar-refractivity contribution < 1.29 is 19.7 Å². The van der Waals surface area contributed by atoms with E-state index in [0.717, 1.165) is 28.2 Å². The van der Waals surface area contributed by atoms with Crippen molar-refractivity contribution in [3.8, 4) is 23.0 Å². The molecular formula is C23H20N2O4. The SMILES string of the molecule is COc1cc([C@H]2Oc3ccccc3[C@@H]3CC(c4ccccc4O)=NN23)ccc1O. The maximum Gasteiger partial charge on any atom is 0.214 e. The number of aromatic hydroxyl groups is 2. The van der Waals surface area contributed by atoms with Gasteiger partial charge in [-0.3, -0.25) is 0 Å². The molecular weight excluding hydrogens is 368 g/mol. The smallest absolute Gasteiger partial charge is 0.214 e. The molecule has 0 saturated carbocycles. The Balaban J connectivity index is 1.61. The highest BCUT2D eigenvalue weighted by molar-refractivity contribution is 6.04. The van der Waals surface area contributed by atoms with E-state index in [1.807, 2.05) is 41.4 Å². The topological polar surface area (TPSA) is 74.5 Å². The van der Waals surface area contributed by atoms with Crippen LogP contribution in [0.2, 0.25) is 0 Å². The Hall–Kier alpha value is -3.67. The summed E-state index contributed by atoms with van der Waals surface area (Å²) >= 11 is 0. The average molecular weight is 388 g/mol. The van der Waals surface area contributed by atoms with E-state index in [1.54, 1.807) is 30.3 Å². The van der Waals surface area contributed by atoms with Gasteiger partial charge in [-0.1, -0.05) is 30.3 Å². The van der Waals surface area contributed by atoms with Crippen molar-refractivity contribution in [3.63, 3.8) is 0 Å². The zero-order chi connectivity index (χ0) is 20.0. The van der Waals surface area contributed by atoms with Gasteiger partial charge < -0.3 is 19.7 Å². The third-order valence-electron chi connectivity index (χ3n) is 5.40. The summed E-state index contributed by atoms with van der Waals surface area (Å²) in [4.78, 5) is 0. The number of phenols is 2. The van der Waals surface area contributed by atoms with E-state index in [1.165, 1.54) is 7.11 Å². The number of nitrogens with zero attached hydrogens (tertiary/aromatic N) is 2. The molecule has 0 spiro atoms. The van der Waals surface area contributed by atoms with Crippen molar-refractivity contribution in [2.24, 2.45) is 5.10 Å². The van der Waals surface area contributed by atoms with E-state index in [4.69, 9.17) is 14.6 Å². The molecule has 0 aliphatic carbocycles. The largest absolute Gasteiger partial charge is 0.507 e. The summed E-state index contributed by atoms with van der Waals surface area (Å²) in [6.07, 6.45) is 0.177. The predicted octanol–water partition coefficient (Wildman–Crippen LogP) is 4.35. The summed E-state index contributed by atoms with van der Waals surface area (Å²) in [5.74, 6) is 1.47. The van der Waals surface area contributed by atoms with Crippen molar-refractivity contribution in [1.29, 1.82) is 0 Å². The molecule has 5 rings (SSSR count). The number of phenolic OH excluding ortho intramolecular Hbond substituents is 2. The Kier molecular flexibility index (Phi) is 4.05. The van der Waals surface area contributed by atoms with Gasteiger partial charge >= 0.3 is 0 Å². The molecule has 2 N–H and O–H groups in total. The second-order valence-corrected chi connectivity index (χ2v) is 7.10. The van der Waals surface area contributed by atoms with Crippen molar-refractivity contribution in [3.05, 3.63) is 83.4 Å². The first-order chi connectivity index (χ1) is 14.2. The van der Waals surface area contributed by atoms with Gasteiger partial charge in [0, 0.05) is 23.1 Å².